The Morgan fingerprint density at radius 3 is 2.63 bits per heavy atom. The Kier molecular flexibility index (Phi) is 5.58. The molecule has 1 unspecified atom stereocenters. The van der Waals surface area contributed by atoms with Crippen LogP contribution >= 0.6 is 11.8 Å². The molecule has 1 aliphatic heterocycles. The summed E-state index contributed by atoms with van der Waals surface area (Å²) in [6.45, 7) is 2.53. The second kappa shape index (κ2) is 8.46. The van der Waals surface area contributed by atoms with Crippen LogP contribution in [0, 0.1) is 12.1 Å². The number of aryl methyl sites for hydroxylation is 1. The highest BCUT2D eigenvalue weighted by molar-refractivity contribution is 7.99. The standard InChI is InChI=1S/C22H19N3O4S/c1-14-3-2-4-15(11-14)13-29-16-5-7-17(8-6-16)30-19-9-10-25(28)12-18(19)20-21(26)24-22(27)23-20/h2-12,20H,13H2,1H3,(H2,23,24,26,27). The third kappa shape index (κ3) is 4.55. The normalized spacial score (nSPS) is 15.6. The van der Waals surface area contributed by atoms with Crippen LogP contribution in [-0.2, 0) is 11.4 Å². The van der Waals surface area contributed by atoms with E-state index in [-0.39, 0.29) is 0 Å². The fourth-order valence-electron chi connectivity index (χ4n) is 3.13. The maximum absolute atomic E-state index is 12.0. The number of hydrogen-bond donors (Lipinski definition) is 2. The lowest BCUT2D eigenvalue weighted by Crippen LogP contribution is -2.29. The van der Waals surface area contributed by atoms with Crippen LogP contribution in [0.3, 0.4) is 0 Å². The van der Waals surface area contributed by atoms with Crippen LogP contribution in [-0.4, -0.2) is 11.9 Å². The molecule has 0 bridgehead atoms. The Morgan fingerprint density at radius 1 is 1.13 bits per heavy atom. The molecule has 8 heteroatoms. The first-order chi connectivity index (χ1) is 14.5. The first kappa shape index (κ1) is 19.8. The quantitative estimate of drug-likeness (QED) is 0.362. The van der Waals surface area contributed by atoms with Gasteiger partial charge < -0.3 is 15.3 Å². The number of benzene rings is 2. The van der Waals surface area contributed by atoms with Gasteiger partial charge in [-0.1, -0.05) is 41.6 Å². The Hall–Kier alpha value is -3.52. The summed E-state index contributed by atoms with van der Waals surface area (Å²) in [4.78, 5) is 25.1. The smallest absolute Gasteiger partial charge is 0.322 e. The van der Waals surface area contributed by atoms with Crippen molar-refractivity contribution < 1.29 is 19.1 Å². The number of pyridine rings is 1. The lowest BCUT2D eigenvalue weighted by molar-refractivity contribution is -0.606. The Labute approximate surface area is 177 Å². The summed E-state index contributed by atoms with van der Waals surface area (Å²) in [5.41, 5.74) is 2.74. The molecule has 1 fully saturated rings. The Morgan fingerprint density at radius 2 is 1.93 bits per heavy atom. The van der Waals surface area contributed by atoms with Crippen LogP contribution in [0.4, 0.5) is 4.79 Å². The minimum Gasteiger partial charge on any atom is -0.619 e. The molecule has 1 aliphatic rings. The van der Waals surface area contributed by atoms with Gasteiger partial charge in [0.05, 0.1) is 5.56 Å². The molecule has 2 heterocycles. The lowest BCUT2D eigenvalue weighted by Gasteiger charge is -2.13. The number of ether oxygens (including phenoxy) is 1. The molecule has 152 valence electrons. The van der Waals surface area contributed by atoms with Gasteiger partial charge in [0.15, 0.2) is 12.4 Å². The number of amides is 3. The molecule has 1 saturated heterocycles. The van der Waals surface area contributed by atoms with Crippen molar-refractivity contribution >= 4 is 23.7 Å². The number of urea groups is 1. The Balaban J connectivity index is 1.47. The van der Waals surface area contributed by atoms with E-state index in [9.17, 15) is 14.8 Å². The van der Waals surface area contributed by atoms with E-state index in [1.165, 1.54) is 29.7 Å². The van der Waals surface area contributed by atoms with E-state index in [1.54, 1.807) is 6.07 Å². The summed E-state index contributed by atoms with van der Waals surface area (Å²) in [6.07, 6.45) is 2.66. The molecule has 3 aromatic rings. The minimum absolute atomic E-state index is 0.445. The van der Waals surface area contributed by atoms with E-state index in [0.717, 1.165) is 16.2 Å². The molecule has 4 rings (SSSR count). The molecular weight excluding hydrogens is 402 g/mol. The zero-order valence-electron chi connectivity index (χ0n) is 16.1. The number of carbonyl (C=O) groups excluding carboxylic acids is 2. The van der Waals surface area contributed by atoms with Gasteiger partial charge in [-0.15, -0.1) is 0 Å². The molecule has 0 radical (unpaired) electrons. The average Bonchev–Trinajstić information content (AvgIpc) is 3.07. The van der Waals surface area contributed by atoms with Crippen molar-refractivity contribution in [3.63, 3.8) is 0 Å². The van der Waals surface area contributed by atoms with E-state index in [1.807, 2.05) is 49.4 Å². The zero-order chi connectivity index (χ0) is 21.1. The van der Waals surface area contributed by atoms with E-state index >= 15 is 0 Å². The molecule has 2 aromatic carbocycles. The number of nitrogens with zero attached hydrogens (tertiary/aromatic N) is 1. The third-order valence-corrected chi connectivity index (χ3v) is 5.65. The number of hydrogen-bond acceptors (Lipinski definition) is 5. The molecule has 3 amide bonds. The number of nitrogens with one attached hydrogen (secondary N) is 2. The van der Waals surface area contributed by atoms with Gasteiger partial charge in [-0.25, -0.2) is 4.79 Å². The molecule has 1 aromatic heterocycles. The van der Waals surface area contributed by atoms with E-state index in [4.69, 9.17) is 4.74 Å². The van der Waals surface area contributed by atoms with Crippen LogP contribution < -0.4 is 20.1 Å². The zero-order valence-corrected chi connectivity index (χ0v) is 16.9. The second-order valence-corrected chi connectivity index (χ2v) is 7.99. The van der Waals surface area contributed by atoms with E-state index in [0.29, 0.717) is 21.8 Å². The summed E-state index contributed by atoms with van der Waals surface area (Å²) < 4.78 is 6.46. The maximum Gasteiger partial charge on any atom is 0.322 e. The van der Waals surface area contributed by atoms with Crippen molar-refractivity contribution in [2.24, 2.45) is 0 Å². The third-order valence-electron chi connectivity index (χ3n) is 4.55. The van der Waals surface area contributed by atoms with Crippen molar-refractivity contribution in [3.05, 3.63) is 88.9 Å². The number of imide groups is 1. The molecule has 0 aliphatic carbocycles. The monoisotopic (exact) mass is 421 g/mol. The molecular formula is C22H19N3O4S. The van der Waals surface area contributed by atoms with Gasteiger partial charge in [0.25, 0.3) is 5.91 Å². The van der Waals surface area contributed by atoms with Crippen molar-refractivity contribution in [2.75, 3.05) is 0 Å². The van der Waals surface area contributed by atoms with Crippen molar-refractivity contribution in [1.29, 1.82) is 0 Å². The molecule has 2 N–H and O–H groups in total. The van der Waals surface area contributed by atoms with Crippen LogP contribution in [0.2, 0.25) is 0 Å². The highest BCUT2D eigenvalue weighted by Crippen LogP contribution is 2.34. The van der Waals surface area contributed by atoms with Crippen LogP contribution in [0.15, 0.2) is 76.8 Å². The average molecular weight is 421 g/mol. The second-order valence-electron chi connectivity index (χ2n) is 6.87. The number of rotatable bonds is 6. The summed E-state index contributed by atoms with van der Waals surface area (Å²) in [7, 11) is 0. The molecule has 7 nitrogen and oxygen atoms in total. The van der Waals surface area contributed by atoms with Gasteiger partial charge in [-0.3, -0.25) is 10.1 Å². The predicted octanol–water partition coefficient (Wildman–Crippen LogP) is 3.24. The van der Waals surface area contributed by atoms with Gasteiger partial charge in [0, 0.05) is 15.9 Å². The first-order valence-electron chi connectivity index (χ1n) is 9.28. The van der Waals surface area contributed by atoms with Gasteiger partial charge in [0.1, 0.15) is 18.4 Å². The fraction of sp³-hybridized carbons (Fsp3) is 0.136. The minimum atomic E-state index is -0.890. The Bertz CT molecular complexity index is 1100. The summed E-state index contributed by atoms with van der Waals surface area (Å²) in [5, 5.41) is 16.5. The highest BCUT2D eigenvalue weighted by Gasteiger charge is 2.34. The number of carbonyl (C=O) groups is 2. The first-order valence-corrected chi connectivity index (χ1v) is 10.1. The SMILES string of the molecule is Cc1cccc(COc2ccc(Sc3cc[n+]([O-])cc3C3NC(=O)NC3=O)cc2)c1. The molecule has 1 atom stereocenters. The molecule has 0 saturated carbocycles. The van der Waals surface area contributed by atoms with Crippen molar-refractivity contribution in [3.8, 4) is 5.75 Å². The summed E-state index contributed by atoms with van der Waals surface area (Å²) >= 11 is 1.40. The van der Waals surface area contributed by atoms with Gasteiger partial charge in [0.2, 0.25) is 0 Å². The van der Waals surface area contributed by atoms with Crippen LogP contribution in [0.25, 0.3) is 0 Å². The van der Waals surface area contributed by atoms with Gasteiger partial charge in [-0.2, -0.15) is 4.73 Å². The summed E-state index contributed by atoms with van der Waals surface area (Å²) in [5.74, 6) is 0.266. The van der Waals surface area contributed by atoms with Crippen molar-refractivity contribution in [2.45, 2.75) is 29.4 Å². The van der Waals surface area contributed by atoms with Crippen LogP contribution in [0.5, 0.6) is 5.75 Å². The maximum atomic E-state index is 12.0. The molecule has 30 heavy (non-hydrogen) atoms. The lowest BCUT2D eigenvalue weighted by atomic mass is 10.1. The van der Waals surface area contributed by atoms with Crippen LogP contribution in [0.1, 0.15) is 22.7 Å². The predicted molar refractivity (Wildman–Crippen MR) is 111 cm³/mol. The van der Waals surface area contributed by atoms with Gasteiger partial charge in [-0.05, 0) is 36.8 Å². The fourth-order valence-corrected chi connectivity index (χ4v) is 4.07. The highest BCUT2D eigenvalue weighted by atomic mass is 32.2. The van der Waals surface area contributed by atoms with E-state index in [2.05, 4.69) is 16.7 Å². The number of aromatic nitrogens is 1. The molecule has 0 spiro atoms. The van der Waals surface area contributed by atoms with Gasteiger partial charge >= 0.3 is 6.03 Å². The van der Waals surface area contributed by atoms with E-state index < -0.39 is 18.0 Å². The topological polar surface area (TPSA) is 94.4 Å². The van der Waals surface area contributed by atoms with Crippen molar-refractivity contribution in [1.82, 2.24) is 10.6 Å². The summed E-state index contributed by atoms with van der Waals surface area (Å²) in [6, 6.07) is 15.9. The largest absolute Gasteiger partial charge is 0.619 e.